The number of fused-ring (bicyclic) bond motifs is 2. The van der Waals surface area contributed by atoms with E-state index in [0.717, 1.165) is 41.3 Å². The van der Waals surface area contributed by atoms with Gasteiger partial charge in [-0.15, -0.1) is 11.3 Å². The van der Waals surface area contributed by atoms with Gasteiger partial charge >= 0.3 is 5.69 Å². The number of hydrogen-bond acceptors (Lipinski definition) is 7. The van der Waals surface area contributed by atoms with Crippen molar-refractivity contribution < 1.29 is 14.3 Å². The first kappa shape index (κ1) is 19.8. The molecule has 3 aromatic rings. The maximum atomic E-state index is 12.7. The van der Waals surface area contributed by atoms with Gasteiger partial charge in [-0.1, -0.05) is 6.07 Å². The zero-order valence-corrected chi connectivity index (χ0v) is 17.7. The number of carbonyl (C=O) groups is 1. The molecular formula is C21H22N4O5S. The second-order valence-corrected chi connectivity index (χ2v) is 8.56. The maximum Gasteiger partial charge on any atom is 0.328 e. The van der Waals surface area contributed by atoms with Crippen molar-refractivity contribution in [3.63, 3.8) is 0 Å². The standard InChI is InChI=1S/C21H22N4O5S/c26-18(3-5-25-20(27)19-15(4-10-31-19)22-21(25)28)24-8-6-23(7-9-24)12-14-1-2-16-17(11-14)30-13-29-16/h1-2,4,10-11H,3,5-9,12-13H2,(H,22,28). The molecule has 0 radical (unpaired) electrons. The molecule has 162 valence electrons. The molecule has 9 nitrogen and oxygen atoms in total. The first-order valence-corrected chi connectivity index (χ1v) is 11.1. The number of rotatable bonds is 5. The van der Waals surface area contributed by atoms with Crippen LogP contribution < -0.4 is 20.7 Å². The number of hydrogen-bond donors (Lipinski definition) is 1. The van der Waals surface area contributed by atoms with Gasteiger partial charge in [0.15, 0.2) is 11.5 Å². The van der Waals surface area contributed by atoms with Crippen LogP contribution in [-0.4, -0.2) is 58.2 Å². The molecule has 2 aliphatic rings. The van der Waals surface area contributed by atoms with Crippen LogP contribution in [-0.2, 0) is 17.9 Å². The molecule has 1 saturated heterocycles. The summed E-state index contributed by atoms with van der Waals surface area (Å²) in [5, 5.41) is 1.76. The summed E-state index contributed by atoms with van der Waals surface area (Å²) in [6.07, 6.45) is 0.127. The number of H-pyrrole nitrogens is 1. The van der Waals surface area contributed by atoms with Gasteiger partial charge in [-0.25, -0.2) is 4.79 Å². The highest BCUT2D eigenvalue weighted by molar-refractivity contribution is 7.17. The molecular weight excluding hydrogens is 420 g/mol. The molecule has 1 fully saturated rings. The molecule has 10 heteroatoms. The summed E-state index contributed by atoms with van der Waals surface area (Å²) in [7, 11) is 0. The fourth-order valence-corrected chi connectivity index (χ4v) is 4.79. The van der Waals surface area contributed by atoms with Crippen molar-refractivity contribution in [3.8, 4) is 11.5 Å². The number of ether oxygens (including phenoxy) is 2. The third kappa shape index (κ3) is 3.96. The summed E-state index contributed by atoms with van der Waals surface area (Å²) in [6, 6.07) is 7.67. The Morgan fingerprint density at radius 2 is 1.87 bits per heavy atom. The number of carbonyl (C=O) groups excluding carboxylic acids is 1. The lowest BCUT2D eigenvalue weighted by atomic mass is 10.1. The molecule has 0 unspecified atom stereocenters. The van der Waals surface area contributed by atoms with E-state index in [1.165, 1.54) is 11.3 Å². The highest BCUT2D eigenvalue weighted by atomic mass is 32.1. The van der Waals surface area contributed by atoms with Gasteiger partial charge in [0.05, 0.1) is 5.52 Å². The fourth-order valence-electron chi connectivity index (χ4n) is 3.99. The highest BCUT2D eigenvalue weighted by Crippen LogP contribution is 2.32. The Balaban J connectivity index is 1.15. The van der Waals surface area contributed by atoms with Gasteiger partial charge < -0.3 is 19.4 Å². The second kappa shape index (κ2) is 8.20. The van der Waals surface area contributed by atoms with Crippen molar-refractivity contribution in [3.05, 3.63) is 56.0 Å². The van der Waals surface area contributed by atoms with E-state index in [0.29, 0.717) is 23.3 Å². The van der Waals surface area contributed by atoms with Crippen molar-refractivity contribution in [2.24, 2.45) is 0 Å². The van der Waals surface area contributed by atoms with Crippen molar-refractivity contribution in [1.82, 2.24) is 19.4 Å². The Hall–Kier alpha value is -3.11. The van der Waals surface area contributed by atoms with Crippen LogP contribution in [0.5, 0.6) is 11.5 Å². The van der Waals surface area contributed by atoms with E-state index in [9.17, 15) is 14.4 Å². The zero-order chi connectivity index (χ0) is 21.4. The quantitative estimate of drug-likeness (QED) is 0.638. The predicted octanol–water partition coefficient (Wildman–Crippen LogP) is 1.21. The first-order valence-electron chi connectivity index (χ1n) is 10.2. The van der Waals surface area contributed by atoms with Gasteiger partial charge in [0.1, 0.15) is 4.70 Å². The SMILES string of the molecule is O=C(CCn1c(=O)[nH]c2ccsc2c1=O)N1CCN(Cc2ccc3c(c2)OCO3)CC1. The summed E-state index contributed by atoms with van der Waals surface area (Å²) in [6.45, 7) is 3.90. The number of nitrogens with zero attached hydrogens (tertiary/aromatic N) is 3. The van der Waals surface area contributed by atoms with E-state index < -0.39 is 5.69 Å². The molecule has 0 atom stereocenters. The number of piperazine rings is 1. The average Bonchev–Trinajstić information content (AvgIpc) is 3.43. The van der Waals surface area contributed by atoms with E-state index in [-0.39, 0.29) is 31.2 Å². The molecule has 31 heavy (non-hydrogen) atoms. The molecule has 0 bridgehead atoms. The molecule has 2 aromatic heterocycles. The predicted molar refractivity (Wildman–Crippen MR) is 116 cm³/mol. The normalized spacial score (nSPS) is 16.2. The molecule has 5 rings (SSSR count). The third-order valence-corrected chi connectivity index (χ3v) is 6.61. The maximum absolute atomic E-state index is 12.7. The summed E-state index contributed by atoms with van der Waals surface area (Å²) in [4.78, 5) is 44.1. The van der Waals surface area contributed by atoms with Gasteiger partial charge in [-0.05, 0) is 29.1 Å². The summed E-state index contributed by atoms with van der Waals surface area (Å²) >= 11 is 1.29. The Labute approximate surface area is 181 Å². The first-order chi connectivity index (χ1) is 15.1. The van der Waals surface area contributed by atoms with Crippen LogP contribution in [0.15, 0.2) is 39.2 Å². The van der Waals surface area contributed by atoms with E-state index >= 15 is 0 Å². The molecule has 1 amide bonds. The van der Waals surface area contributed by atoms with Gasteiger partial charge in [-0.2, -0.15) is 0 Å². The molecule has 0 spiro atoms. The van der Waals surface area contributed by atoms with Crippen molar-refractivity contribution in [1.29, 1.82) is 0 Å². The molecule has 2 aliphatic heterocycles. The minimum Gasteiger partial charge on any atom is -0.454 e. The van der Waals surface area contributed by atoms with E-state index in [2.05, 4.69) is 9.88 Å². The molecule has 1 aromatic carbocycles. The van der Waals surface area contributed by atoms with E-state index in [4.69, 9.17) is 9.47 Å². The van der Waals surface area contributed by atoms with Gasteiger partial charge in [-0.3, -0.25) is 19.1 Å². The lowest BCUT2D eigenvalue weighted by Crippen LogP contribution is -2.48. The van der Waals surface area contributed by atoms with Crippen molar-refractivity contribution in [2.45, 2.75) is 19.5 Å². The Morgan fingerprint density at radius 3 is 2.71 bits per heavy atom. The number of amides is 1. The lowest BCUT2D eigenvalue weighted by molar-refractivity contribution is -0.133. The number of nitrogens with one attached hydrogen (secondary N) is 1. The monoisotopic (exact) mass is 442 g/mol. The Kier molecular flexibility index (Phi) is 5.24. The van der Waals surface area contributed by atoms with Crippen LogP contribution in [0, 0.1) is 0 Å². The van der Waals surface area contributed by atoms with Crippen molar-refractivity contribution >= 4 is 27.5 Å². The van der Waals surface area contributed by atoms with Crippen LogP contribution >= 0.6 is 11.3 Å². The topological polar surface area (TPSA) is 96.9 Å². The Bertz CT molecular complexity index is 1240. The van der Waals surface area contributed by atoms with Gasteiger partial charge in [0, 0.05) is 45.7 Å². The zero-order valence-electron chi connectivity index (χ0n) is 16.8. The largest absolute Gasteiger partial charge is 0.454 e. The fraction of sp³-hybridized carbons (Fsp3) is 0.381. The minimum atomic E-state index is -0.475. The van der Waals surface area contributed by atoms with Crippen LogP contribution in [0.25, 0.3) is 10.2 Å². The number of aromatic amines is 1. The molecule has 1 N–H and O–H groups in total. The summed E-state index contributed by atoms with van der Waals surface area (Å²) < 4.78 is 12.4. The molecule has 4 heterocycles. The van der Waals surface area contributed by atoms with Gasteiger partial charge in [0.2, 0.25) is 12.7 Å². The van der Waals surface area contributed by atoms with E-state index in [1.54, 1.807) is 16.3 Å². The smallest absolute Gasteiger partial charge is 0.328 e. The Morgan fingerprint density at radius 1 is 1.06 bits per heavy atom. The average molecular weight is 442 g/mol. The third-order valence-electron chi connectivity index (χ3n) is 5.71. The minimum absolute atomic E-state index is 0.0414. The van der Waals surface area contributed by atoms with Crippen LogP contribution in [0.1, 0.15) is 12.0 Å². The number of benzene rings is 1. The number of aromatic nitrogens is 2. The van der Waals surface area contributed by atoms with Crippen molar-refractivity contribution in [2.75, 3.05) is 33.0 Å². The van der Waals surface area contributed by atoms with Crippen LogP contribution in [0.3, 0.4) is 0 Å². The van der Waals surface area contributed by atoms with E-state index in [1.807, 2.05) is 18.2 Å². The molecule has 0 saturated carbocycles. The number of thiophene rings is 1. The summed E-state index contributed by atoms with van der Waals surface area (Å²) in [5.74, 6) is 1.51. The summed E-state index contributed by atoms with van der Waals surface area (Å²) in [5.41, 5.74) is 0.875. The van der Waals surface area contributed by atoms with Gasteiger partial charge in [0.25, 0.3) is 5.56 Å². The lowest BCUT2D eigenvalue weighted by Gasteiger charge is -2.34. The molecule has 0 aliphatic carbocycles. The van der Waals surface area contributed by atoms with Crippen LogP contribution in [0.2, 0.25) is 0 Å². The highest BCUT2D eigenvalue weighted by Gasteiger charge is 2.22. The van der Waals surface area contributed by atoms with Crippen LogP contribution in [0.4, 0.5) is 0 Å². The second-order valence-electron chi connectivity index (χ2n) is 7.64.